The molecule has 1 aliphatic heterocycles. The van der Waals surface area contributed by atoms with Gasteiger partial charge >= 0.3 is 0 Å². The van der Waals surface area contributed by atoms with Crippen molar-refractivity contribution in [3.05, 3.63) is 83.3 Å². The fraction of sp³-hybridized carbons (Fsp3) is 0.217. The largest absolute Gasteiger partial charge is 0.485 e. The molecule has 1 N–H and O–H groups in total. The molecule has 0 saturated heterocycles. The molecule has 0 aliphatic carbocycles. The van der Waals surface area contributed by atoms with Crippen LogP contribution < -0.4 is 14.2 Å². The molecule has 5 rings (SSSR count). The second kappa shape index (κ2) is 10.1. The van der Waals surface area contributed by atoms with Gasteiger partial charge in [-0.3, -0.25) is 0 Å². The minimum absolute atomic E-state index is 0. The minimum Gasteiger partial charge on any atom is -0.485 e. The highest BCUT2D eigenvalue weighted by Gasteiger charge is 2.22. The van der Waals surface area contributed by atoms with Crippen LogP contribution in [-0.2, 0) is 30.0 Å². The Balaban J connectivity index is 0.00000274. The molecular formula is C23H23ClN4O4S2. The Morgan fingerprint density at radius 2 is 2.03 bits per heavy atom. The number of halogens is 1. The van der Waals surface area contributed by atoms with Gasteiger partial charge in [-0.1, -0.05) is 41.7 Å². The topological polar surface area (TPSA) is 95.3 Å². The molecule has 178 valence electrons. The lowest BCUT2D eigenvalue weighted by Gasteiger charge is -2.26. The second-order valence-electron chi connectivity index (χ2n) is 7.72. The molecule has 1 atom stereocenters. The van der Waals surface area contributed by atoms with Gasteiger partial charge in [-0.2, -0.15) is 0 Å². The van der Waals surface area contributed by atoms with Gasteiger partial charge in [0.15, 0.2) is 5.03 Å². The summed E-state index contributed by atoms with van der Waals surface area (Å²) in [5, 5.41) is 0.428. The second-order valence-corrected chi connectivity index (χ2v) is 10.5. The molecule has 0 radical (unpaired) electrons. The van der Waals surface area contributed by atoms with Crippen LogP contribution in [0.4, 0.5) is 0 Å². The summed E-state index contributed by atoms with van der Waals surface area (Å²) in [5.41, 5.74) is 2.28. The van der Waals surface area contributed by atoms with Crippen molar-refractivity contribution in [1.82, 2.24) is 19.3 Å². The zero-order valence-corrected chi connectivity index (χ0v) is 20.7. The van der Waals surface area contributed by atoms with Gasteiger partial charge in [0.1, 0.15) is 17.6 Å². The standard InChI is InChI=1S/C23H22N4O4S2.ClH/c1-27-14-22(25-15-27)33(28,29)26-13-19-12-24-23(32-19)30-18-8-10-21-17(11-18)7-9-20(31-21)16-5-3-2-4-6-16;/h2-6,8,10-12,14-15,20,26H,7,9,13H2,1H3;1H. The van der Waals surface area contributed by atoms with E-state index in [1.54, 1.807) is 17.8 Å². The number of rotatable bonds is 7. The van der Waals surface area contributed by atoms with Crippen LogP contribution in [0.2, 0.25) is 0 Å². The van der Waals surface area contributed by atoms with Crippen molar-refractivity contribution < 1.29 is 17.9 Å². The third-order valence-electron chi connectivity index (χ3n) is 5.28. The Morgan fingerprint density at radius 1 is 1.21 bits per heavy atom. The van der Waals surface area contributed by atoms with E-state index in [-0.39, 0.29) is 30.1 Å². The third kappa shape index (κ3) is 5.41. The summed E-state index contributed by atoms with van der Waals surface area (Å²) < 4.78 is 40.9. The van der Waals surface area contributed by atoms with Crippen molar-refractivity contribution in [2.75, 3.05) is 0 Å². The van der Waals surface area contributed by atoms with Crippen LogP contribution in [0.1, 0.15) is 28.5 Å². The number of hydrogen-bond acceptors (Lipinski definition) is 7. The summed E-state index contributed by atoms with van der Waals surface area (Å²) in [6, 6.07) is 16.0. The van der Waals surface area contributed by atoms with E-state index in [0.717, 1.165) is 29.0 Å². The molecule has 2 aromatic heterocycles. The highest BCUT2D eigenvalue weighted by molar-refractivity contribution is 7.89. The summed E-state index contributed by atoms with van der Waals surface area (Å²) in [6.45, 7) is 0.110. The number of hydrogen-bond donors (Lipinski definition) is 1. The van der Waals surface area contributed by atoms with Gasteiger partial charge in [-0.15, -0.1) is 12.4 Å². The zero-order valence-electron chi connectivity index (χ0n) is 18.2. The molecule has 0 saturated carbocycles. The lowest BCUT2D eigenvalue weighted by Crippen LogP contribution is -2.23. The first kappa shape index (κ1) is 24.2. The Labute approximate surface area is 208 Å². The van der Waals surface area contributed by atoms with Crippen LogP contribution in [0.25, 0.3) is 0 Å². The smallest absolute Gasteiger partial charge is 0.278 e. The van der Waals surface area contributed by atoms with Crippen LogP contribution in [0.5, 0.6) is 16.7 Å². The van der Waals surface area contributed by atoms with Gasteiger partial charge in [0.2, 0.25) is 0 Å². The number of thiazole rings is 1. The van der Waals surface area contributed by atoms with Gasteiger partial charge < -0.3 is 14.0 Å². The Morgan fingerprint density at radius 3 is 2.79 bits per heavy atom. The van der Waals surface area contributed by atoms with Crippen LogP contribution in [0.15, 0.2) is 72.3 Å². The summed E-state index contributed by atoms with van der Waals surface area (Å²) in [7, 11) is -1.96. The predicted octanol–water partition coefficient (Wildman–Crippen LogP) is 4.64. The first-order valence-electron chi connectivity index (χ1n) is 10.4. The molecule has 1 unspecified atom stereocenters. The summed E-state index contributed by atoms with van der Waals surface area (Å²) >= 11 is 1.29. The van der Waals surface area contributed by atoms with Gasteiger partial charge in [-0.05, 0) is 42.2 Å². The predicted molar refractivity (Wildman–Crippen MR) is 131 cm³/mol. The van der Waals surface area contributed by atoms with Crippen LogP contribution in [0, 0.1) is 0 Å². The van der Waals surface area contributed by atoms with E-state index in [1.807, 2.05) is 36.4 Å². The number of benzene rings is 2. The van der Waals surface area contributed by atoms with Crippen LogP contribution >= 0.6 is 23.7 Å². The van der Waals surface area contributed by atoms with Crippen molar-refractivity contribution in [3.63, 3.8) is 0 Å². The number of aromatic nitrogens is 3. The maximum Gasteiger partial charge on any atom is 0.278 e. The minimum atomic E-state index is -3.68. The normalized spacial score (nSPS) is 15.1. The molecule has 8 nitrogen and oxygen atoms in total. The van der Waals surface area contributed by atoms with Crippen molar-refractivity contribution >= 4 is 33.8 Å². The molecule has 34 heavy (non-hydrogen) atoms. The molecule has 4 aromatic rings. The first-order valence-corrected chi connectivity index (χ1v) is 12.7. The number of fused-ring (bicyclic) bond motifs is 1. The van der Waals surface area contributed by atoms with E-state index in [4.69, 9.17) is 9.47 Å². The van der Waals surface area contributed by atoms with Gasteiger partial charge in [-0.25, -0.2) is 23.1 Å². The maximum absolute atomic E-state index is 12.3. The molecule has 0 fully saturated rings. The van der Waals surface area contributed by atoms with Crippen molar-refractivity contribution in [3.8, 4) is 16.7 Å². The highest BCUT2D eigenvalue weighted by Crippen LogP contribution is 2.38. The third-order valence-corrected chi connectivity index (χ3v) is 7.44. The van der Waals surface area contributed by atoms with Gasteiger partial charge in [0.25, 0.3) is 15.2 Å². The molecule has 0 spiro atoms. The Bertz CT molecular complexity index is 1370. The van der Waals surface area contributed by atoms with E-state index < -0.39 is 10.0 Å². The number of sulfonamides is 1. The highest BCUT2D eigenvalue weighted by atomic mass is 35.5. The van der Waals surface area contributed by atoms with Gasteiger partial charge in [0.05, 0.1) is 6.33 Å². The first-order chi connectivity index (χ1) is 16.0. The average molecular weight is 519 g/mol. The van der Waals surface area contributed by atoms with E-state index in [1.165, 1.54) is 29.4 Å². The lowest BCUT2D eigenvalue weighted by atomic mass is 9.97. The summed E-state index contributed by atoms with van der Waals surface area (Å²) in [5.74, 6) is 1.54. The molecule has 11 heteroatoms. The molecule has 1 aliphatic rings. The molecule has 0 amide bonds. The average Bonchev–Trinajstić information content (AvgIpc) is 3.47. The van der Waals surface area contributed by atoms with Gasteiger partial charge in [0, 0.05) is 30.9 Å². The van der Waals surface area contributed by atoms with Crippen LogP contribution in [0.3, 0.4) is 0 Å². The summed E-state index contributed by atoms with van der Waals surface area (Å²) in [4.78, 5) is 8.88. The van der Waals surface area contributed by atoms with Crippen molar-refractivity contribution in [2.24, 2.45) is 7.05 Å². The fourth-order valence-corrected chi connectivity index (χ4v) is 5.41. The molecule has 0 bridgehead atoms. The zero-order chi connectivity index (χ0) is 22.8. The molecule has 2 aromatic carbocycles. The SMILES string of the molecule is Cl.Cn1cnc(S(=O)(=O)NCc2cnc(Oc3ccc4c(c3)CCC(c3ccccc3)O4)s2)c1. The number of ether oxygens (including phenoxy) is 2. The van der Waals surface area contributed by atoms with E-state index in [9.17, 15) is 8.42 Å². The van der Waals surface area contributed by atoms with Crippen molar-refractivity contribution in [1.29, 1.82) is 0 Å². The van der Waals surface area contributed by atoms with Crippen molar-refractivity contribution in [2.45, 2.75) is 30.5 Å². The Kier molecular flexibility index (Phi) is 7.22. The van der Waals surface area contributed by atoms with E-state index in [2.05, 4.69) is 26.8 Å². The maximum atomic E-state index is 12.3. The molecule has 3 heterocycles. The number of imidazole rings is 1. The van der Waals surface area contributed by atoms with E-state index >= 15 is 0 Å². The number of nitrogens with zero attached hydrogens (tertiary/aromatic N) is 3. The van der Waals surface area contributed by atoms with Crippen LogP contribution in [-0.4, -0.2) is 23.0 Å². The fourth-order valence-electron chi connectivity index (χ4n) is 3.62. The quantitative estimate of drug-likeness (QED) is 0.383. The molecular weight excluding hydrogens is 496 g/mol. The number of aryl methyl sites for hydroxylation is 2. The Hall–Kier alpha value is -2.92. The number of nitrogens with one attached hydrogen (secondary N) is 1. The van der Waals surface area contributed by atoms with E-state index in [0.29, 0.717) is 10.9 Å². The lowest BCUT2D eigenvalue weighted by molar-refractivity contribution is 0.176. The monoisotopic (exact) mass is 518 g/mol. The summed E-state index contributed by atoms with van der Waals surface area (Å²) in [6.07, 6.45) is 6.35.